The standard InChI is InChI=1S/C13H15FN2O3/c14-10-5-3-9(4-6-10)8-15-13(19)16-7-1-2-11(16)12(17)18/h3-6,11H,1-2,7-8H2,(H,15,19)(H,17,18)/t11-/m0/s1. The van der Waals surface area contributed by atoms with Crippen LogP contribution in [0.2, 0.25) is 0 Å². The van der Waals surface area contributed by atoms with Crippen molar-refractivity contribution in [3.05, 3.63) is 35.6 Å². The third kappa shape index (κ3) is 3.21. The van der Waals surface area contributed by atoms with E-state index in [0.29, 0.717) is 19.4 Å². The van der Waals surface area contributed by atoms with E-state index in [0.717, 1.165) is 5.56 Å². The van der Waals surface area contributed by atoms with Gasteiger partial charge in [0.2, 0.25) is 0 Å². The van der Waals surface area contributed by atoms with Gasteiger partial charge in [-0.1, -0.05) is 12.1 Å². The Balaban J connectivity index is 1.90. The minimum Gasteiger partial charge on any atom is -0.480 e. The summed E-state index contributed by atoms with van der Waals surface area (Å²) in [6.45, 7) is 0.703. The number of carboxylic acids is 1. The predicted molar refractivity (Wildman–Crippen MR) is 66.0 cm³/mol. The molecule has 0 spiro atoms. The Morgan fingerprint density at radius 3 is 2.68 bits per heavy atom. The number of carbonyl (C=O) groups is 2. The summed E-state index contributed by atoms with van der Waals surface area (Å²) in [4.78, 5) is 24.2. The van der Waals surface area contributed by atoms with Crippen molar-refractivity contribution in [2.24, 2.45) is 0 Å². The summed E-state index contributed by atoms with van der Waals surface area (Å²) in [6, 6.07) is 4.65. The lowest BCUT2D eigenvalue weighted by Gasteiger charge is -2.21. The lowest BCUT2D eigenvalue weighted by atomic mass is 10.2. The van der Waals surface area contributed by atoms with E-state index in [1.54, 1.807) is 12.1 Å². The molecule has 2 amide bonds. The molecule has 0 aromatic heterocycles. The van der Waals surface area contributed by atoms with Gasteiger partial charge in [0.15, 0.2) is 0 Å². The number of amides is 2. The van der Waals surface area contributed by atoms with Gasteiger partial charge < -0.3 is 15.3 Å². The van der Waals surface area contributed by atoms with E-state index in [1.807, 2.05) is 0 Å². The Morgan fingerprint density at radius 1 is 1.37 bits per heavy atom. The number of nitrogens with zero attached hydrogens (tertiary/aromatic N) is 1. The largest absolute Gasteiger partial charge is 0.480 e. The van der Waals surface area contributed by atoms with E-state index in [1.165, 1.54) is 17.0 Å². The lowest BCUT2D eigenvalue weighted by Crippen LogP contribution is -2.45. The third-order valence-corrected chi connectivity index (χ3v) is 3.16. The van der Waals surface area contributed by atoms with Gasteiger partial charge in [-0.3, -0.25) is 0 Å². The first kappa shape index (κ1) is 13.3. The Bertz CT molecular complexity index is 475. The van der Waals surface area contributed by atoms with Crippen LogP contribution in [0.25, 0.3) is 0 Å². The number of hydrogen-bond acceptors (Lipinski definition) is 2. The number of halogens is 1. The van der Waals surface area contributed by atoms with Crippen molar-refractivity contribution in [2.45, 2.75) is 25.4 Å². The SMILES string of the molecule is O=C(O)[C@@H]1CCCN1C(=O)NCc1ccc(F)cc1. The summed E-state index contributed by atoms with van der Waals surface area (Å²) in [5.41, 5.74) is 0.765. The second-order valence-electron chi connectivity index (χ2n) is 4.47. The number of rotatable bonds is 3. The maximum atomic E-state index is 12.7. The van der Waals surface area contributed by atoms with Crippen LogP contribution in [0.15, 0.2) is 24.3 Å². The fourth-order valence-corrected chi connectivity index (χ4v) is 2.15. The van der Waals surface area contributed by atoms with Crippen LogP contribution in [0, 0.1) is 5.82 Å². The molecular formula is C13H15FN2O3. The summed E-state index contributed by atoms with van der Waals surface area (Å²) >= 11 is 0. The molecule has 0 radical (unpaired) electrons. The van der Waals surface area contributed by atoms with Gasteiger partial charge in [0.05, 0.1) is 0 Å². The predicted octanol–water partition coefficient (Wildman–Crippen LogP) is 1.58. The van der Waals surface area contributed by atoms with Gasteiger partial charge in [0.1, 0.15) is 11.9 Å². The van der Waals surface area contributed by atoms with Crippen LogP contribution in [-0.4, -0.2) is 34.6 Å². The number of nitrogens with one attached hydrogen (secondary N) is 1. The van der Waals surface area contributed by atoms with E-state index in [9.17, 15) is 14.0 Å². The number of carbonyl (C=O) groups excluding carboxylic acids is 1. The van der Waals surface area contributed by atoms with Crippen molar-refractivity contribution in [1.29, 1.82) is 0 Å². The number of hydrogen-bond donors (Lipinski definition) is 2. The Kier molecular flexibility index (Phi) is 3.99. The van der Waals surface area contributed by atoms with Crippen LogP contribution >= 0.6 is 0 Å². The monoisotopic (exact) mass is 266 g/mol. The molecule has 5 nitrogen and oxygen atoms in total. The number of likely N-dealkylation sites (tertiary alicyclic amines) is 1. The van der Waals surface area contributed by atoms with Gasteiger partial charge in [0.25, 0.3) is 0 Å². The van der Waals surface area contributed by atoms with Gasteiger partial charge >= 0.3 is 12.0 Å². The first-order chi connectivity index (χ1) is 9.08. The molecule has 1 aliphatic heterocycles. The normalized spacial score (nSPS) is 18.4. The Labute approximate surface area is 110 Å². The highest BCUT2D eigenvalue weighted by atomic mass is 19.1. The first-order valence-corrected chi connectivity index (χ1v) is 6.09. The van der Waals surface area contributed by atoms with Crippen molar-refractivity contribution >= 4 is 12.0 Å². The van der Waals surface area contributed by atoms with E-state index in [-0.39, 0.29) is 12.4 Å². The fraction of sp³-hybridized carbons (Fsp3) is 0.385. The lowest BCUT2D eigenvalue weighted by molar-refractivity contribution is -0.141. The maximum absolute atomic E-state index is 12.7. The minimum atomic E-state index is -0.977. The summed E-state index contributed by atoms with van der Waals surface area (Å²) in [7, 11) is 0. The van der Waals surface area contributed by atoms with Gasteiger partial charge in [-0.15, -0.1) is 0 Å². The van der Waals surface area contributed by atoms with Crippen molar-refractivity contribution in [2.75, 3.05) is 6.54 Å². The van der Waals surface area contributed by atoms with Crippen LogP contribution in [0.4, 0.5) is 9.18 Å². The number of urea groups is 1. The fourth-order valence-electron chi connectivity index (χ4n) is 2.15. The van der Waals surface area contributed by atoms with Gasteiger partial charge in [-0.25, -0.2) is 14.0 Å². The second kappa shape index (κ2) is 5.69. The zero-order valence-corrected chi connectivity index (χ0v) is 10.3. The van der Waals surface area contributed by atoms with Crippen LogP contribution in [0.3, 0.4) is 0 Å². The average Bonchev–Trinajstić information content (AvgIpc) is 2.87. The molecule has 2 rings (SSSR count). The zero-order chi connectivity index (χ0) is 13.8. The molecular weight excluding hydrogens is 251 g/mol. The molecule has 1 aliphatic rings. The minimum absolute atomic E-state index is 0.252. The van der Waals surface area contributed by atoms with Crippen molar-refractivity contribution in [3.63, 3.8) is 0 Å². The molecule has 1 saturated heterocycles. The zero-order valence-electron chi connectivity index (χ0n) is 10.3. The highest BCUT2D eigenvalue weighted by Gasteiger charge is 2.33. The summed E-state index contributed by atoms with van der Waals surface area (Å²) < 4.78 is 12.7. The van der Waals surface area contributed by atoms with Crippen LogP contribution in [0.1, 0.15) is 18.4 Å². The summed E-state index contributed by atoms with van der Waals surface area (Å²) in [6.07, 6.45) is 1.18. The molecule has 1 fully saturated rings. The molecule has 0 unspecified atom stereocenters. The highest BCUT2D eigenvalue weighted by Crippen LogP contribution is 2.17. The van der Waals surface area contributed by atoms with E-state index >= 15 is 0 Å². The second-order valence-corrected chi connectivity index (χ2v) is 4.47. The van der Waals surface area contributed by atoms with E-state index in [4.69, 9.17) is 5.11 Å². The number of carboxylic acid groups (broad SMARTS) is 1. The molecule has 0 aliphatic carbocycles. The molecule has 1 atom stereocenters. The van der Waals surface area contributed by atoms with Crippen LogP contribution < -0.4 is 5.32 Å². The van der Waals surface area contributed by atoms with Crippen molar-refractivity contribution < 1.29 is 19.1 Å². The smallest absolute Gasteiger partial charge is 0.326 e. The molecule has 0 bridgehead atoms. The van der Waals surface area contributed by atoms with E-state index < -0.39 is 18.0 Å². The number of benzene rings is 1. The Morgan fingerprint density at radius 2 is 2.05 bits per heavy atom. The van der Waals surface area contributed by atoms with Gasteiger partial charge in [0, 0.05) is 13.1 Å². The highest BCUT2D eigenvalue weighted by molar-refractivity contribution is 5.83. The maximum Gasteiger partial charge on any atom is 0.326 e. The molecule has 1 aromatic rings. The van der Waals surface area contributed by atoms with Crippen molar-refractivity contribution in [1.82, 2.24) is 10.2 Å². The third-order valence-electron chi connectivity index (χ3n) is 3.16. The van der Waals surface area contributed by atoms with Crippen LogP contribution in [-0.2, 0) is 11.3 Å². The van der Waals surface area contributed by atoms with Gasteiger partial charge in [-0.2, -0.15) is 0 Å². The first-order valence-electron chi connectivity index (χ1n) is 6.09. The molecule has 6 heteroatoms. The molecule has 1 heterocycles. The van der Waals surface area contributed by atoms with Gasteiger partial charge in [-0.05, 0) is 30.5 Å². The summed E-state index contributed by atoms with van der Waals surface area (Å²) in [5.74, 6) is -1.31. The number of aliphatic carboxylic acids is 1. The Hall–Kier alpha value is -2.11. The molecule has 102 valence electrons. The van der Waals surface area contributed by atoms with Crippen molar-refractivity contribution in [3.8, 4) is 0 Å². The summed E-state index contributed by atoms with van der Waals surface area (Å²) in [5, 5.41) is 11.6. The quantitative estimate of drug-likeness (QED) is 0.872. The average molecular weight is 266 g/mol. The van der Waals surface area contributed by atoms with E-state index in [2.05, 4.69) is 5.32 Å². The topological polar surface area (TPSA) is 69.6 Å². The van der Waals surface area contributed by atoms with Crippen LogP contribution in [0.5, 0.6) is 0 Å². The molecule has 0 saturated carbocycles. The molecule has 2 N–H and O–H groups in total. The molecule has 1 aromatic carbocycles. The molecule has 19 heavy (non-hydrogen) atoms.